The third kappa shape index (κ3) is 3.48. The second-order valence-corrected chi connectivity index (χ2v) is 7.14. The van der Waals surface area contributed by atoms with Crippen molar-refractivity contribution in [3.8, 4) is 0 Å². The molecule has 1 aromatic carbocycles. The first-order valence-corrected chi connectivity index (χ1v) is 9.18. The van der Waals surface area contributed by atoms with Gasteiger partial charge in [0.15, 0.2) is 0 Å². The first-order chi connectivity index (χ1) is 11.6. The maximum Gasteiger partial charge on any atom is 0.242 e. The molecule has 1 fully saturated rings. The van der Waals surface area contributed by atoms with Gasteiger partial charge in [-0.05, 0) is 44.7 Å². The van der Waals surface area contributed by atoms with Crippen LogP contribution in [0, 0.1) is 6.92 Å². The summed E-state index contributed by atoms with van der Waals surface area (Å²) < 4.78 is 2.18. The quantitative estimate of drug-likeness (QED) is 0.937. The van der Waals surface area contributed by atoms with Gasteiger partial charge in [0, 0.05) is 35.7 Å². The van der Waals surface area contributed by atoms with Gasteiger partial charge < -0.3 is 15.2 Å². The minimum atomic E-state index is 0.115. The largest absolute Gasteiger partial charge is 0.341 e. The molecule has 0 radical (unpaired) electrons. The number of likely N-dealkylation sites (tertiary alicyclic amines) is 1. The lowest BCUT2D eigenvalue weighted by molar-refractivity contribution is -0.131. The first-order valence-electron chi connectivity index (χ1n) is 9.18. The van der Waals surface area contributed by atoms with Crippen molar-refractivity contribution in [2.24, 2.45) is 5.73 Å². The molecule has 1 amide bonds. The molecule has 1 aliphatic rings. The molecule has 2 aromatic rings. The number of nitrogens with two attached hydrogens (primary N) is 1. The predicted molar refractivity (Wildman–Crippen MR) is 99.1 cm³/mol. The van der Waals surface area contributed by atoms with E-state index >= 15 is 0 Å². The van der Waals surface area contributed by atoms with Gasteiger partial charge in [0.05, 0.1) is 0 Å². The van der Waals surface area contributed by atoms with Crippen LogP contribution in [-0.2, 0) is 17.8 Å². The van der Waals surface area contributed by atoms with E-state index in [0.717, 1.165) is 37.9 Å². The fourth-order valence-electron chi connectivity index (χ4n) is 3.84. The fourth-order valence-corrected chi connectivity index (χ4v) is 3.84. The van der Waals surface area contributed by atoms with Crippen molar-refractivity contribution in [3.63, 3.8) is 0 Å². The van der Waals surface area contributed by atoms with Crippen LogP contribution in [0.15, 0.2) is 24.3 Å². The van der Waals surface area contributed by atoms with Gasteiger partial charge in [0.25, 0.3) is 0 Å². The van der Waals surface area contributed by atoms with Crippen LogP contribution in [0.3, 0.4) is 0 Å². The Morgan fingerprint density at radius 1 is 1.17 bits per heavy atom. The maximum absolute atomic E-state index is 12.8. The van der Waals surface area contributed by atoms with Crippen LogP contribution in [0.5, 0.6) is 0 Å². The van der Waals surface area contributed by atoms with Gasteiger partial charge in [-0.2, -0.15) is 0 Å². The minimum absolute atomic E-state index is 0.115. The van der Waals surface area contributed by atoms with Crippen LogP contribution in [-0.4, -0.2) is 34.5 Å². The Morgan fingerprint density at radius 2 is 1.83 bits per heavy atom. The second-order valence-electron chi connectivity index (χ2n) is 7.14. The average Bonchev–Trinajstić information content (AvgIpc) is 2.77. The van der Waals surface area contributed by atoms with Gasteiger partial charge in [-0.3, -0.25) is 4.79 Å². The van der Waals surface area contributed by atoms with Gasteiger partial charge in [0.1, 0.15) is 6.54 Å². The van der Waals surface area contributed by atoms with Gasteiger partial charge >= 0.3 is 0 Å². The minimum Gasteiger partial charge on any atom is -0.341 e. The van der Waals surface area contributed by atoms with Gasteiger partial charge in [-0.1, -0.05) is 31.0 Å². The lowest BCUT2D eigenvalue weighted by Crippen LogP contribution is -2.34. The highest BCUT2D eigenvalue weighted by molar-refractivity contribution is 5.87. The zero-order valence-corrected chi connectivity index (χ0v) is 14.9. The van der Waals surface area contributed by atoms with E-state index in [9.17, 15) is 4.79 Å². The Balaban J connectivity index is 1.91. The van der Waals surface area contributed by atoms with E-state index in [2.05, 4.69) is 29.7 Å². The molecule has 0 saturated carbocycles. The smallest absolute Gasteiger partial charge is 0.242 e. The van der Waals surface area contributed by atoms with Gasteiger partial charge in [-0.15, -0.1) is 0 Å². The second kappa shape index (κ2) is 7.39. The van der Waals surface area contributed by atoms with E-state index in [1.165, 1.54) is 29.5 Å². The number of para-hydroxylation sites is 1. The highest BCUT2D eigenvalue weighted by Crippen LogP contribution is 2.27. The summed E-state index contributed by atoms with van der Waals surface area (Å²) in [5.74, 6) is 0.244. The van der Waals surface area contributed by atoms with Crippen LogP contribution in [0.25, 0.3) is 10.9 Å². The monoisotopic (exact) mass is 327 g/mol. The van der Waals surface area contributed by atoms with Crippen LogP contribution in [0.2, 0.25) is 0 Å². The third-order valence-electron chi connectivity index (χ3n) is 5.14. The molecule has 0 aliphatic carbocycles. The molecule has 0 bridgehead atoms. The Hall–Kier alpha value is -1.81. The zero-order valence-electron chi connectivity index (χ0n) is 14.9. The van der Waals surface area contributed by atoms with Crippen molar-refractivity contribution in [1.82, 2.24) is 9.47 Å². The van der Waals surface area contributed by atoms with Crippen molar-refractivity contribution >= 4 is 16.8 Å². The molecule has 1 atom stereocenters. The highest BCUT2D eigenvalue weighted by Gasteiger charge is 2.20. The summed E-state index contributed by atoms with van der Waals surface area (Å²) in [5, 5.41) is 1.23. The number of benzene rings is 1. The Morgan fingerprint density at radius 3 is 2.50 bits per heavy atom. The number of hydrogen-bond acceptors (Lipinski definition) is 2. The summed E-state index contributed by atoms with van der Waals surface area (Å²) in [6.07, 6.45) is 5.60. The predicted octanol–water partition coefficient (Wildman–Crippen LogP) is 3.24. The summed E-state index contributed by atoms with van der Waals surface area (Å²) in [4.78, 5) is 14.9. The molecule has 0 spiro atoms. The van der Waals surface area contributed by atoms with Gasteiger partial charge in [0.2, 0.25) is 5.91 Å². The van der Waals surface area contributed by atoms with E-state index in [1.54, 1.807) is 0 Å². The number of rotatable bonds is 4. The molecule has 4 heteroatoms. The van der Waals surface area contributed by atoms with Crippen LogP contribution in [0.1, 0.15) is 43.9 Å². The summed E-state index contributed by atoms with van der Waals surface area (Å²) in [7, 11) is 0. The SMILES string of the molecule is Cc1c(CC(C)N)c2ccccc2n1CC(=O)N1CCCCCC1. The molecule has 24 heavy (non-hydrogen) atoms. The standard InChI is InChI=1S/C20H29N3O/c1-15(21)13-18-16(2)23(19-10-6-5-9-17(18)19)14-20(24)22-11-7-3-4-8-12-22/h5-6,9-10,15H,3-4,7-8,11-14,21H2,1-2H3. The van der Waals surface area contributed by atoms with Crippen molar-refractivity contribution in [2.75, 3.05) is 13.1 Å². The lowest BCUT2D eigenvalue weighted by Gasteiger charge is -2.21. The number of nitrogens with zero attached hydrogens (tertiary/aromatic N) is 2. The summed E-state index contributed by atoms with van der Waals surface area (Å²) in [5.41, 5.74) is 9.65. The van der Waals surface area contributed by atoms with Crippen LogP contribution >= 0.6 is 0 Å². The van der Waals surface area contributed by atoms with Crippen LogP contribution in [0.4, 0.5) is 0 Å². The third-order valence-corrected chi connectivity index (χ3v) is 5.14. The number of carbonyl (C=O) groups excluding carboxylic acids is 1. The summed E-state index contributed by atoms with van der Waals surface area (Å²) >= 11 is 0. The highest BCUT2D eigenvalue weighted by atomic mass is 16.2. The van der Waals surface area contributed by atoms with Crippen molar-refractivity contribution < 1.29 is 4.79 Å². The molecule has 4 nitrogen and oxygen atoms in total. The van der Waals surface area contributed by atoms with E-state index in [0.29, 0.717) is 6.54 Å². The van der Waals surface area contributed by atoms with E-state index in [-0.39, 0.29) is 11.9 Å². The Bertz CT molecular complexity index is 709. The number of aromatic nitrogens is 1. The summed E-state index contributed by atoms with van der Waals surface area (Å²) in [6, 6.07) is 8.48. The summed E-state index contributed by atoms with van der Waals surface area (Å²) in [6.45, 7) is 6.40. The number of amides is 1. The van der Waals surface area contributed by atoms with Gasteiger partial charge in [-0.25, -0.2) is 0 Å². The van der Waals surface area contributed by atoms with E-state index in [1.807, 2.05) is 17.9 Å². The first kappa shape index (κ1) is 17.0. The number of fused-ring (bicyclic) bond motifs is 1. The molecule has 2 N–H and O–H groups in total. The number of hydrogen-bond donors (Lipinski definition) is 1. The fraction of sp³-hybridized carbons (Fsp3) is 0.550. The Labute approximate surface area is 144 Å². The van der Waals surface area contributed by atoms with Crippen LogP contribution < -0.4 is 5.73 Å². The molecule has 130 valence electrons. The maximum atomic E-state index is 12.8. The van der Waals surface area contributed by atoms with E-state index < -0.39 is 0 Å². The number of carbonyl (C=O) groups is 1. The van der Waals surface area contributed by atoms with Crippen molar-refractivity contribution in [2.45, 2.75) is 58.5 Å². The molecule has 1 saturated heterocycles. The van der Waals surface area contributed by atoms with Crippen molar-refractivity contribution in [3.05, 3.63) is 35.5 Å². The van der Waals surface area contributed by atoms with E-state index in [4.69, 9.17) is 5.73 Å². The van der Waals surface area contributed by atoms with Crippen molar-refractivity contribution in [1.29, 1.82) is 0 Å². The molecule has 2 heterocycles. The molecular weight excluding hydrogens is 298 g/mol. The lowest BCUT2D eigenvalue weighted by atomic mass is 10.0. The topological polar surface area (TPSA) is 51.3 Å². The Kier molecular flexibility index (Phi) is 5.24. The molecule has 1 aliphatic heterocycles. The molecular formula is C20H29N3O. The molecule has 1 aromatic heterocycles. The average molecular weight is 327 g/mol. The normalized spacial score (nSPS) is 17.0. The molecule has 3 rings (SSSR count). The zero-order chi connectivity index (χ0) is 17.1. The molecule has 1 unspecified atom stereocenters.